The van der Waals surface area contributed by atoms with E-state index in [9.17, 15) is 14.9 Å². The molecule has 4 rings (SSSR count). The monoisotopic (exact) mass is 331 g/mol. The number of amides is 1. The number of rotatable bonds is 4. The fourth-order valence-corrected chi connectivity index (χ4v) is 5.15. The highest BCUT2D eigenvalue weighted by Crippen LogP contribution is 2.74. The molecule has 1 aromatic rings. The van der Waals surface area contributed by atoms with Crippen LogP contribution in [0.3, 0.4) is 0 Å². The molecule has 1 saturated heterocycles. The zero-order valence-corrected chi connectivity index (χ0v) is 13.8. The standard InChI is InChI=1S/C17H21N3O4/c1-15-10-24-17(9-11(15)7-8-16(15,17)2)14(21)19-18-12-3-5-13(6-4-12)20(22)23/h3-6,11,18H,7-10H2,1-2H3,(H,19,21)/t11-,15-,16-,17+/m0/s1. The molecule has 4 atom stereocenters. The molecule has 0 radical (unpaired) electrons. The van der Waals surface area contributed by atoms with Gasteiger partial charge in [-0.3, -0.25) is 25.8 Å². The second-order valence-electron chi connectivity index (χ2n) is 7.69. The first-order valence-corrected chi connectivity index (χ1v) is 8.27. The average molecular weight is 331 g/mol. The maximum atomic E-state index is 12.9. The third-order valence-corrected chi connectivity index (χ3v) is 6.96. The van der Waals surface area contributed by atoms with Crippen LogP contribution in [0, 0.1) is 26.9 Å². The third-order valence-electron chi connectivity index (χ3n) is 6.96. The smallest absolute Gasteiger partial charge is 0.271 e. The molecule has 3 aliphatic rings. The van der Waals surface area contributed by atoms with Gasteiger partial charge in [0, 0.05) is 23.0 Å². The van der Waals surface area contributed by atoms with Gasteiger partial charge in [0.25, 0.3) is 11.6 Å². The zero-order chi connectivity index (χ0) is 17.2. The molecule has 0 unspecified atom stereocenters. The molecular weight excluding hydrogens is 310 g/mol. The quantitative estimate of drug-likeness (QED) is 0.653. The van der Waals surface area contributed by atoms with Crippen LogP contribution in [0.15, 0.2) is 24.3 Å². The van der Waals surface area contributed by atoms with Crippen molar-refractivity contribution in [3.05, 3.63) is 34.4 Å². The number of anilines is 1. The molecule has 1 heterocycles. The molecule has 128 valence electrons. The minimum Gasteiger partial charge on any atom is -0.364 e. The van der Waals surface area contributed by atoms with Crippen molar-refractivity contribution in [1.29, 1.82) is 0 Å². The van der Waals surface area contributed by atoms with Gasteiger partial charge in [0.05, 0.1) is 17.2 Å². The second kappa shape index (κ2) is 4.69. The maximum Gasteiger partial charge on any atom is 0.271 e. The number of benzene rings is 1. The lowest BCUT2D eigenvalue weighted by atomic mass is 9.66. The summed E-state index contributed by atoms with van der Waals surface area (Å²) < 4.78 is 6.04. The number of hydrogen-bond donors (Lipinski definition) is 2. The molecular formula is C17H21N3O4. The highest BCUT2D eigenvalue weighted by Gasteiger charge is 2.78. The Kier molecular flexibility index (Phi) is 3.01. The predicted octanol–water partition coefficient (Wildman–Crippen LogP) is 2.63. The summed E-state index contributed by atoms with van der Waals surface area (Å²) in [6.45, 7) is 5.06. The predicted molar refractivity (Wildman–Crippen MR) is 87.1 cm³/mol. The molecule has 2 saturated carbocycles. The van der Waals surface area contributed by atoms with E-state index in [2.05, 4.69) is 24.7 Å². The minimum absolute atomic E-state index is 0.0148. The van der Waals surface area contributed by atoms with Gasteiger partial charge in [-0.25, -0.2) is 0 Å². The number of non-ortho nitro benzene ring substituents is 1. The Morgan fingerprint density at radius 1 is 1.33 bits per heavy atom. The van der Waals surface area contributed by atoms with Crippen LogP contribution in [0.4, 0.5) is 11.4 Å². The van der Waals surface area contributed by atoms with Crippen LogP contribution < -0.4 is 10.9 Å². The van der Waals surface area contributed by atoms with Gasteiger partial charge in [-0.1, -0.05) is 13.8 Å². The van der Waals surface area contributed by atoms with E-state index in [1.807, 2.05) is 0 Å². The molecule has 1 amide bonds. The Bertz CT molecular complexity index is 721. The number of nitro groups is 1. The lowest BCUT2D eigenvalue weighted by Crippen LogP contribution is -2.56. The summed E-state index contributed by atoms with van der Waals surface area (Å²) in [4.78, 5) is 23.1. The van der Waals surface area contributed by atoms with E-state index in [4.69, 9.17) is 4.74 Å². The first-order chi connectivity index (χ1) is 11.3. The SMILES string of the molecule is C[C@@]12CC[C@H]3C[C@]1(C(=O)NNc1ccc([N+](=O)[O-])cc1)OC[C@@]32C. The van der Waals surface area contributed by atoms with Crippen molar-refractivity contribution < 1.29 is 14.5 Å². The van der Waals surface area contributed by atoms with Gasteiger partial charge < -0.3 is 4.74 Å². The van der Waals surface area contributed by atoms with E-state index in [0.29, 0.717) is 18.2 Å². The van der Waals surface area contributed by atoms with Crippen LogP contribution >= 0.6 is 0 Å². The number of hydrazine groups is 1. The summed E-state index contributed by atoms with van der Waals surface area (Å²) in [6.07, 6.45) is 2.95. The molecule has 7 nitrogen and oxygen atoms in total. The minimum atomic E-state index is -0.765. The molecule has 2 N–H and O–H groups in total. The highest BCUT2D eigenvalue weighted by atomic mass is 16.6. The van der Waals surface area contributed by atoms with Crippen molar-refractivity contribution in [2.75, 3.05) is 12.0 Å². The largest absolute Gasteiger partial charge is 0.364 e. The van der Waals surface area contributed by atoms with E-state index in [1.165, 1.54) is 18.6 Å². The molecule has 24 heavy (non-hydrogen) atoms. The van der Waals surface area contributed by atoms with E-state index >= 15 is 0 Å². The van der Waals surface area contributed by atoms with E-state index in [-0.39, 0.29) is 22.4 Å². The topological polar surface area (TPSA) is 93.5 Å². The molecule has 2 aliphatic carbocycles. The number of nitrogens with one attached hydrogen (secondary N) is 2. The van der Waals surface area contributed by atoms with Gasteiger partial charge in [-0.2, -0.15) is 0 Å². The first-order valence-electron chi connectivity index (χ1n) is 8.27. The average Bonchev–Trinajstić information content (AvgIpc) is 3.04. The molecule has 4 bridgehead atoms. The molecule has 3 fully saturated rings. The number of nitrogens with zero attached hydrogens (tertiary/aromatic N) is 1. The van der Waals surface area contributed by atoms with Crippen molar-refractivity contribution in [2.45, 2.75) is 38.7 Å². The number of carbonyl (C=O) groups is 1. The van der Waals surface area contributed by atoms with Crippen LogP contribution in [0.1, 0.15) is 33.1 Å². The van der Waals surface area contributed by atoms with E-state index < -0.39 is 10.5 Å². The summed E-state index contributed by atoms with van der Waals surface area (Å²) in [6, 6.07) is 5.93. The lowest BCUT2D eigenvalue weighted by Gasteiger charge is -2.39. The maximum absolute atomic E-state index is 12.9. The fourth-order valence-electron chi connectivity index (χ4n) is 5.15. The molecule has 0 spiro atoms. The van der Waals surface area contributed by atoms with Gasteiger partial charge in [-0.15, -0.1) is 0 Å². The van der Waals surface area contributed by atoms with Crippen molar-refractivity contribution in [3.63, 3.8) is 0 Å². The molecule has 1 aromatic carbocycles. The first kappa shape index (κ1) is 15.4. The fraction of sp³-hybridized carbons (Fsp3) is 0.588. The van der Waals surface area contributed by atoms with Crippen LogP contribution in [0.25, 0.3) is 0 Å². The van der Waals surface area contributed by atoms with Gasteiger partial charge in [0.1, 0.15) is 0 Å². The highest BCUT2D eigenvalue weighted by molar-refractivity contribution is 5.89. The number of hydrogen-bond acceptors (Lipinski definition) is 5. The zero-order valence-electron chi connectivity index (χ0n) is 13.8. The Morgan fingerprint density at radius 3 is 2.62 bits per heavy atom. The van der Waals surface area contributed by atoms with Crippen molar-refractivity contribution in [3.8, 4) is 0 Å². The summed E-state index contributed by atoms with van der Waals surface area (Å²) in [5.41, 5.74) is 5.40. The Labute approximate surface area is 139 Å². The third kappa shape index (κ3) is 1.68. The summed E-state index contributed by atoms with van der Waals surface area (Å²) in [5.74, 6) is 0.399. The Hall–Kier alpha value is -2.15. The van der Waals surface area contributed by atoms with Gasteiger partial charge in [0.2, 0.25) is 0 Å². The molecule has 1 aliphatic heterocycles. The Balaban J connectivity index is 1.49. The van der Waals surface area contributed by atoms with Gasteiger partial charge in [-0.05, 0) is 37.3 Å². The van der Waals surface area contributed by atoms with E-state index in [1.54, 1.807) is 12.1 Å². The van der Waals surface area contributed by atoms with Crippen LogP contribution in [-0.2, 0) is 9.53 Å². The van der Waals surface area contributed by atoms with Gasteiger partial charge >= 0.3 is 0 Å². The molecule has 0 aromatic heterocycles. The van der Waals surface area contributed by atoms with Crippen LogP contribution in [0.5, 0.6) is 0 Å². The Morgan fingerprint density at radius 2 is 2.04 bits per heavy atom. The summed E-state index contributed by atoms with van der Waals surface area (Å²) in [7, 11) is 0. The summed E-state index contributed by atoms with van der Waals surface area (Å²) in [5, 5.41) is 10.7. The van der Waals surface area contributed by atoms with Crippen LogP contribution in [0.2, 0.25) is 0 Å². The molecule has 7 heteroatoms. The summed E-state index contributed by atoms with van der Waals surface area (Å²) >= 11 is 0. The van der Waals surface area contributed by atoms with Crippen molar-refractivity contribution in [2.24, 2.45) is 16.7 Å². The second-order valence-corrected chi connectivity index (χ2v) is 7.69. The van der Waals surface area contributed by atoms with Crippen LogP contribution in [-0.4, -0.2) is 23.0 Å². The van der Waals surface area contributed by atoms with Gasteiger partial charge in [0.15, 0.2) is 5.60 Å². The normalized spacial score (nSPS) is 39.0. The van der Waals surface area contributed by atoms with Crippen molar-refractivity contribution >= 4 is 17.3 Å². The lowest BCUT2D eigenvalue weighted by molar-refractivity contribution is -0.384. The van der Waals surface area contributed by atoms with E-state index in [0.717, 1.165) is 12.8 Å². The van der Waals surface area contributed by atoms with Crippen molar-refractivity contribution in [1.82, 2.24) is 5.43 Å². The number of carbonyl (C=O) groups excluding carboxylic acids is 1. The number of ether oxygens (including phenoxy) is 1. The number of nitro benzene ring substituents is 1.